The number of methoxy groups -OCH3 is 2. The number of hydrogen-bond acceptors (Lipinski definition) is 6. The number of hydrogen-bond donors (Lipinski definition) is 0. The molecular weight excluding hydrogens is 260 g/mol. The lowest BCUT2D eigenvalue weighted by atomic mass is 10.1. The maximum absolute atomic E-state index is 12.3. The van der Waals surface area contributed by atoms with Crippen LogP contribution in [0.15, 0.2) is 24.5 Å². The van der Waals surface area contributed by atoms with E-state index >= 15 is 0 Å². The van der Waals surface area contributed by atoms with E-state index < -0.39 is 0 Å². The minimum Gasteiger partial charge on any atom is -0.497 e. The van der Waals surface area contributed by atoms with Gasteiger partial charge in [-0.1, -0.05) is 0 Å². The molecule has 0 saturated carbocycles. The molecule has 0 N–H and O–H groups in total. The van der Waals surface area contributed by atoms with Gasteiger partial charge in [0.2, 0.25) is 5.82 Å². The first-order chi connectivity index (χ1) is 9.69. The molecule has 1 aromatic heterocycles. The highest BCUT2D eigenvalue weighted by Crippen LogP contribution is 2.24. The Hall–Kier alpha value is -2.88. The van der Waals surface area contributed by atoms with Crippen molar-refractivity contribution < 1.29 is 14.3 Å². The van der Waals surface area contributed by atoms with Crippen LogP contribution >= 0.6 is 0 Å². The summed E-state index contributed by atoms with van der Waals surface area (Å²) in [5.74, 6) is 0.859. The minimum atomic E-state index is -0.225. The molecule has 2 aromatic rings. The third-order valence-electron chi connectivity index (χ3n) is 2.74. The van der Waals surface area contributed by atoms with E-state index in [2.05, 4.69) is 10.2 Å². The van der Waals surface area contributed by atoms with Gasteiger partial charge in [-0.25, -0.2) is 0 Å². The number of ether oxygens (including phenoxy) is 2. The molecule has 1 heterocycles. The van der Waals surface area contributed by atoms with Crippen molar-refractivity contribution in [3.8, 4) is 17.6 Å². The van der Waals surface area contributed by atoms with Gasteiger partial charge in [0.05, 0.1) is 26.3 Å². The lowest BCUT2D eigenvalue weighted by molar-refractivity contribution is 0.0968. The summed E-state index contributed by atoms with van der Waals surface area (Å²) in [4.78, 5) is 12.3. The molecule has 1 aromatic carbocycles. The van der Waals surface area contributed by atoms with Crippen molar-refractivity contribution in [3.63, 3.8) is 0 Å². The largest absolute Gasteiger partial charge is 0.497 e. The molecule has 0 bridgehead atoms. The molecule has 0 unspecified atom stereocenters. The van der Waals surface area contributed by atoms with E-state index in [1.807, 2.05) is 6.07 Å². The van der Waals surface area contributed by atoms with Crippen LogP contribution in [0.2, 0.25) is 0 Å². The van der Waals surface area contributed by atoms with Crippen LogP contribution in [-0.2, 0) is 6.54 Å². The van der Waals surface area contributed by atoms with Gasteiger partial charge in [0, 0.05) is 0 Å². The van der Waals surface area contributed by atoms with E-state index in [-0.39, 0.29) is 18.2 Å². The minimum absolute atomic E-state index is 0.0422. The SMILES string of the molecule is COc1ccc(OC)c(C(=O)Cn2cnnc2C#N)c1. The molecule has 7 nitrogen and oxygen atoms in total. The van der Waals surface area contributed by atoms with E-state index in [9.17, 15) is 4.79 Å². The fraction of sp³-hybridized carbons (Fsp3) is 0.231. The maximum Gasteiger partial charge on any atom is 0.235 e. The summed E-state index contributed by atoms with van der Waals surface area (Å²) in [5, 5.41) is 16.0. The Balaban J connectivity index is 2.31. The first kappa shape index (κ1) is 13.5. The lowest BCUT2D eigenvalue weighted by Crippen LogP contribution is -2.12. The smallest absolute Gasteiger partial charge is 0.235 e. The molecule has 2 rings (SSSR count). The zero-order valence-corrected chi connectivity index (χ0v) is 11.0. The molecule has 0 fully saturated rings. The van der Waals surface area contributed by atoms with E-state index in [4.69, 9.17) is 14.7 Å². The highest BCUT2D eigenvalue weighted by atomic mass is 16.5. The molecule has 0 amide bonds. The fourth-order valence-corrected chi connectivity index (χ4v) is 1.73. The third kappa shape index (κ3) is 2.59. The first-order valence-corrected chi connectivity index (χ1v) is 5.72. The molecule has 102 valence electrons. The first-order valence-electron chi connectivity index (χ1n) is 5.72. The van der Waals surface area contributed by atoms with Crippen LogP contribution < -0.4 is 9.47 Å². The number of Topliss-reactive ketones (excluding diaryl/α,β-unsaturated/α-hetero) is 1. The average molecular weight is 272 g/mol. The normalized spacial score (nSPS) is 9.85. The molecule has 0 radical (unpaired) electrons. The molecule has 0 aliphatic heterocycles. The van der Waals surface area contributed by atoms with Crippen LogP contribution in [0.5, 0.6) is 11.5 Å². The molecule has 0 atom stereocenters. The monoisotopic (exact) mass is 272 g/mol. The van der Waals surface area contributed by atoms with E-state index in [1.54, 1.807) is 18.2 Å². The second kappa shape index (κ2) is 5.84. The summed E-state index contributed by atoms with van der Waals surface area (Å²) in [5.41, 5.74) is 0.379. The summed E-state index contributed by atoms with van der Waals surface area (Å²) in [6.45, 7) is -0.0422. The molecular formula is C13H12N4O3. The predicted molar refractivity (Wildman–Crippen MR) is 68.6 cm³/mol. The van der Waals surface area contributed by atoms with E-state index in [1.165, 1.54) is 25.1 Å². The Bertz CT molecular complexity index is 672. The van der Waals surface area contributed by atoms with Gasteiger partial charge in [-0.05, 0) is 18.2 Å². The number of ketones is 1. The van der Waals surface area contributed by atoms with Crippen LogP contribution in [0, 0.1) is 11.3 Å². The zero-order valence-electron chi connectivity index (χ0n) is 11.0. The third-order valence-corrected chi connectivity index (χ3v) is 2.74. The number of rotatable bonds is 5. The van der Waals surface area contributed by atoms with Crippen molar-refractivity contribution in [3.05, 3.63) is 35.9 Å². The number of nitrogens with zero attached hydrogens (tertiary/aromatic N) is 4. The highest BCUT2D eigenvalue weighted by Gasteiger charge is 2.16. The van der Waals surface area contributed by atoms with E-state index in [0.29, 0.717) is 17.1 Å². The van der Waals surface area contributed by atoms with Gasteiger partial charge in [-0.3, -0.25) is 9.36 Å². The highest BCUT2D eigenvalue weighted by molar-refractivity contribution is 5.99. The van der Waals surface area contributed by atoms with Gasteiger partial charge in [0.15, 0.2) is 5.78 Å². The van der Waals surface area contributed by atoms with Crippen molar-refractivity contribution >= 4 is 5.78 Å². The Labute approximate surface area is 115 Å². The lowest BCUT2D eigenvalue weighted by Gasteiger charge is -2.10. The van der Waals surface area contributed by atoms with Crippen LogP contribution in [0.3, 0.4) is 0 Å². The van der Waals surface area contributed by atoms with Gasteiger partial charge < -0.3 is 9.47 Å². The van der Waals surface area contributed by atoms with Gasteiger partial charge in [-0.2, -0.15) is 5.26 Å². The molecule has 20 heavy (non-hydrogen) atoms. The molecule has 7 heteroatoms. The van der Waals surface area contributed by atoms with Crippen LogP contribution in [0.25, 0.3) is 0 Å². The van der Waals surface area contributed by atoms with Crippen LogP contribution in [-0.4, -0.2) is 34.8 Å². The molecule has 0 spiro atoms. The number of carbonyl (C=O) groups is 1. The van der Waals surface area contributed by atoms with Gasteiger partial charge >= 0.3 is 0 Å². The maximum atomic E-state index is 12.3. The van der Waals surface area contributed by atoms with Crippen LogP contribution in [0.1, 0.15) is 16.2 Å². The summed E-state index contributed by atoms with van der Waals surface area (Å²) >= 11 is 0. The van der Waals surface area contributed by atoms with E-state index in [0.717, 1.165) is 0 Å². The van der Waals surface area contributed by atoms with Gasteiger partial charge in [-0.15, -0.1) is 10.2 Å². The Morgan fingerprint density at radius 3 is 2.85 bits per heavy atom. The molecule has 0 saturated heterocycles. The number of benzene rings is 1. The average Bonchev–Trinajstić information content (AvgIpc) is 2.93. The van der Waals surface area contributed by atoms with Crippen molar-refractivity contribution in [1.82, 2.24) is 14.8 Å². The van der Waals surface area contributed by atoms with Crippen molar-refractivity contribution in [2.45, 2.75) is 6.54 Å². The second-order valence-corrected chi connectivity index (χ2v) is 3.88. The molecule has 0 aliphatic carbocycles. The predicted octanol–water partition coefficient (Wildman–Crippen LogP) is 1.05. The van der Waals surface area contributed by atoms with Crippen molar-refractivity contribution in [2.24, 2.45) is 0 Å². The van der Waals surface area contributed by atoms with Gasteiger partial charge in [0.25, 0.3) is 0 Å². The second-order valence-electron chi connectivity index (χ2n) is 3.88. The zero-order chi connectivity index (χ0) is 14.5. The standard InChI is InChI=1S/C13H12N4O3/c1-19-9-3-4-12(20-2)10(5-9)11(18)7-17-8-15-16-13(17)6-14/h3-5,8H,7H2,1-2H3. The Kier molecular flexibility index (Phi) is 3.96. The summed E-state index contributed by atoms with van der Waals surface area (Å²) in [6.07, 6.45) is 1.34. The fourth-order valence-electron chi connectivity index (χ4n) is 1.73. The van der Waals surface area contributed by atoms with Crippen molar-refractivity contribution in [1.29, 1.82) is 5.26 Å². The Morgan fingerprint density at radius 2 is 2.20 bits per heavy atom. The number of aromatic nitrogens is 3. The number of nitriles is 1. The molecule has 0 aliphatic rings. The summed E-state index contributed by atoms with van der Waals surface area (Å²) < 4.78 is 11.6. The topological polar surface area (TPSA) is 90.0 Å². The summed E-state index contributed by atoms with van der Waals surface area (Å²) in [6, 6.07) is 6.82. The summed E-state index contributed by atoms with van der Waals surface area (Å²) in [7, 11) is 3.00. The van der Waals surface area contributed by atoms with Crippen molar-refractivity contribution in [2.75, 3.05) is 14.2 Å². The van der Waals surface area contributed by atoms with Crippen LogP contribution in [0.4, 0.5) is 0 Å². The van der Waals surface area contributed by atoms with Gasteiger partial charge in [0.1, 0.15) is 23.9 Å². The Morgan fingerprint density at radius 1 is 1.40 bits per heavy atom. The quantitative estimate of drug-likeness (QED) is 0.756. The number of carbonyl (C=O) groups excluding carboxylic acids is 1.